The van der Waals surface area contributed by atoms with Gasteiger partial charge in [-0.2, -0.15) is 0 Å². The third-order valence-electron chi connectivity index (χ3n) is 17.5. The normalized spacial score (nSPS) is 32.2. The van der Waals surface area contributed by atoms with Gasteiger partial charge in [0.15, 0.2) is 23.9 Å². The van der Waals surface area contributed by atoms with E-state index in [-0.39, 0.29) is 94.1 Å². The summed E-state index contributed by atoms with van der Waals surface area (Å²) in [5, 5.41) is 6.37. The van der Waals surface area contributed by atoms with Gasteiger partial charge in [-0.25, -0.2) is 4.79 Å². The number of fused-ring (bicyclic) bond motifs is 7. The summed E-state index contributed by atoms with van der Waals surface area (Å²) in [6.45, 7) is 26.0. The number of aromatic nitrogens is 1. The van der Waals surface area contributed by atoms with E-state index in [0.717, 1.165) is 55.4 Å². The number of allylic oxidation sites excluding steroid dienone is 1. The SMILES string of the molecule is Cc1ccc(C(=O)NC(C)(C)C(=O)NC23CC[C@]4(C)[C@H](CC[C@@H]5[C@@]6(C)CC[C@H](OC(=O)CC(C)(C)C(=O)OCc7oc(=O)oc7C)C(C)(C)[C@@H]6CC[C@]54C)C2=C(C(C)C)C(=O)C3)cn1. The molecular weight excluding hydrogens is 815 g/mol. The number of ether oxygens (including phenoxy) is 2. The van der Waals surface area contributed by atoms with Crippen LogP contribution in [0.1, 0.15) is 168 Å². The van der Waals surface area contributed by atoms with Crippen molar-refractivity contribution in [2.75, 3.05) is 0 Å². The number of rotatable bonds is 11. The van der Waals surface area contributed by atoms with Crippen LogP contribution >= 0.6 is 0 Å². The van der Waals surface area contributed by atoms with Crippen LogP contribution in [0.2, 0.25) is 0 Å². The Bertz CT molecular complexity index is 2320. The van der Waals surface area contributed by atoms with Gasteiger partial charge in [0.1, 0.15) is 11.6 Å². The number of carbonyl (C=O) groups excluding carboxylic acids is 5. The second-order valence-electron chi connectivity index (χ2n) is 22.9. The molecule has 5 aliphatic rings. The van der Waals surface area contributed by atoms with Gasteiger partial charge in [-0.15, -0.1) is 0 Å². The van der Waals surface area contributed by atoms with Gasteiger partial charge >= 0.3 is 17.8 Å². The van der Waals surface area contributed by atoms with E-state index < -0.39 is 34.3 Å². The number of amides is 2. The molecule has 4 saturated carbocycles. The van der Waals surface area contributed by atoms with Crippen LogP contribution in [0, 0.1) is 64.6 Å². The summed E-state index contributed by atoms with van der Waals surface area (Å²) in [7, 11) is 0. The van der Waals surface area contributed by atoms with E-state index in [2.05, 4.69) is 64.1 Å². The van der Waals surface area contributed by atoms with Gasteiger partial charge in [-0.1, -0.05) is 48.5 Å². The fourth-order valence-corrected chi connectivity index (χ4v) is 13.8. The predicted molar refractivity (Wildman–Crippen MR) is 238 cm³/mol. The van der Waals surface area contributed by atoms with E-state index in [9.17, 15) is 28.8 Å². The molecule has 0 aromatic carbocycles. The van der Waals surface area contributed by atoms with E-state index in [1.165, 1.54) is 6.20 Å². The molecule has 13 heteroatoms. The van der Waals surface area contributed by atoms with Gasteiger partial charge in [0.25, 0.3) is 5.91 Å². The Morgan fingerprint density at radius 2 is 1.58 bits per heavy atom. The number of ketones is 1. The smallest absolute Gasteiger partial charge is 0.462 e. The molecule has 0 aliphatic heterocycles. The van der Waals surface area contributed by atoms with Crippen LogP contribution in [-0.2, 0) is 35.3 Å². The molecule has 0 bridgehead atoms. The second-order valence-corrected chi connectivity index (χ2v) is 22.9. The average molecular weight is 886 g/mol. The monoisotopic (exact) mass is 886 g/mol. The molecule has 0 spiro atoms. The average Bonchev–Trinajstić information content (AvgIpc) is 3.68. The molecule has 7 rings (SSSR count). The first-order valence-electron chi connectivity index (χ1n) is 23.4. The van der Waals surface area contributed by atoms with E-state index in [1.54, 1.807) is 46.8 Å². The van der Waals surface area contributed by atoms with Crippen LogP contribution in [-0.4, -0.2) is 51.7 Å². The number of Topliss-reactive ketones (excluding diaryl/α,β-unsaturated/α-hetero) is 1. The third kappa shape index (κ3) is 7.77. The van der Waals surface area contributed by atoms with Crippen molar-refractivity contribution in [1.82, 2.24) is 15.6 Å². The van der Waals surface area contributed by atoms with Gasteiger partial charge in [0.2, 0.25) is 5.91 Å². The molecule has 4 fully saturated rings. The first kappa shape index (κ1) is 47.4. The molecular formula is C51H71N3O10. The summed E-state index contributed by atoms with van der Waals surface area (Å²) < 4.78 is 21.6. The van der Waals surface area contributed by atoms with Gasteiger partial charge in [0.05, 0.1) is 22.9 Å². The fourth-order valence-electron chi connectivity index (χ4n) is 13.8. The topological polar surface area (TPSA) is 184 Å². The van der Waals surface area contributed by atoms with Crippen LogP contribution < -0.4 is 16.5 Å². The highest BCUT2D eigenvalue weighted by atomic mass is 16.6. The quantitative estimate of drug-likeness (QED) is 0.206. The van der Waals surface area contributed by atoms with Crippen LogP contribution in [0.25, 0.3) is 0 Å². The fraction of sp³-hybridized carbons (Fsp3) is 0.706. The Labute approximate surface area is 378 Å². The van der Waals surface area contributed by atoms with Gasteiger partial charge in [0, 0.05) is 23.7 Å². The lowest BCUT2D eigenvalue weighted by Gasteiger charge is -2.72. The Kier molecular flexibility index (Phi) is 11.9. The number of pyridine rings is 1. The predicted octanol–water partition coefficient (Wildman–Crippen LogP) is 8.67. The molecule has 2 aromatic heterocycles. The second kappa shape index (κ2) is 16.1. The molecule has 0 radical (unpaired) electrons. The van der Waals surface area contributed by atoms with E-state index in [0.29, 0.717) is 24.3 Å². The number of hydrogen-bond donors (Lipinski definition) is 2. The van der Waals surface area contributed by atoms with Crippen molar-refractivity contribution < 1.29 is 42.3 Å². The molecule has 8 atom stereocenters. The van der Waals surface area contributed by atoms with Crippen molar-refractivity contribution in [3.05, 3.63) is 62.9 Å². The highest BCUT2D eigenvalue weighted by Gasteiger charge is 2.70. The summed E-state index contributed by atoms with van der Waals surface area (Å²) in [6, 6.07) is 3.47. The van der Waals surface area contributed by atoms with Crippen molar-refractivity contribution in [3.63, 3.8) is 0 Å². The van der Waals surface area contributed by atoms with Crippen molar-refractivity contribution in [2.24, 2.45) is 50.7 Å². The van der Waals surface area contributed by atoms with Crippen LogP contribution in [0.4, 0.5) is 0 Å². The Hall–Kier alpha value is -4.55. The molecule has 2 heterocycles. The number of carbonyl (C=O) groups is 5. The molecule has 13 nitrogen and oxygen atoms in total. The highest BCUT2D eigenvalue weighted by molar-refractivity contribution is 6.03. The van der Waals surface area contributed by atoms with Crippen LogP contribution in [0.5, 0.6) is 0 Å². The number of hydrogen-bond acceptors (Lipinski definition) is 11. The maximum absolute atomic E-state index is 14.4. The number of nitrogens with one attached hydrogen (secondary N) is 2. The lowest BCUT2D eigenvalue weighted by atomic mass is 9.33. The Morgan fingerprint density at radius 1 is 0.875 bits per heavy atom. The van der Waals surface area contributed by atoms with Gasteiger partial charge in [-0.3, -0.25) is 29.0 Å². The lowest BCUT2D eigenvalue weighted by molar-refractivity contribution is -0.232. The molecule has 0 saturated heterocycles. The molecule has 2 amide bonds. The highest BCUT2D eigenvalue weighted by Crippen LogP contribution is 2.76. The summed E-state index contributed by atoms with van der Waals surface area (Å²) in [5.74, 6) is -1.38. The summed E-state index contributed by atoms with van der Waals surface area (Å²) >= 11 is 0. The Morgan fingerprint density at radius 3 is 2.20 bits per heavy atom. The first-order chi connectivity index (χ1) is 29.6. The third-order valence-corrected chi connectivity index (χ3v) is 17.5. The van der Waals surface area contributed by atoms with Crippen LogP contribution in [0.3, 0.4) is 0 Å². The van der Waals surface area contributed by atoms with E-state index in [4.69, 9.17) is 18.3 Å². The molecule has 350 valence electrons. The first-order valence-corrected chi connectivity index (χ1v) is 23.4. The summed E-state index contributed by atoms with van der Waals surface area (Å²) in [4.78, 5) is 84.4. The Balaban J connectivity index is 1.08. The molecule has 2 N–H and O–H groups in total. The van der Waals surface area contributed by atoms with Gasteiger partial charge < -0.3 is 28.9 Å². The van der Waals surface area contributed by atoms with Gasteiger partial charge in [-0.05, 0) is 156 Å². The zero-order valence-electron chi connectivity index (χ0n) is 40.4. The molecule has 5 aliphatic carbocycles. The van der Waals surface area contributed by atoms with E-state index in [1.807, 2.05) is 6.92 Å². The zero-order chi connectivity index (χ0) is 47.2. The van der Waals surface area contributed by atoms with E-state index >= 15 is 0 Å². The van der Waals surface area contributed by atoms with Crippen LogP contribution in [0.15, 0.2) is 43.1 Å². The number of esters is 2. The molecule has 64 heavy (non-hydrogen) atoms. The molecule has 2 aromatic rings. The summed E-state index contributed by atoms with van der Waals surface area (Å²) in [5.41, 5.74) is -0.667. The minimum absolute atomic E-state index is 0.00494. The molecule has 1 unspecified atom stereocenters. The van der Waals surface area contributed by atoms with Crippen molar-refractivity contribution in [3.8, 4) is 0 Å². The maximum atomic E-state index is 14.4. The number of aryl methyl sites for hydroxylation is 2. The zero-order valence-corrected chi connectivity index (χ0v) is 40.4. The van der Waals surface area contributed by atoms with Crippen molar-refractivity contribution >= 4 is 29.5 Å². The summed E-state index contributed by atoms with van der Waals surface area (Å²) in [6.07, 6.45) is 8.23. The minimum Gasteiger partial charge on any atom is -0.462 e. The largest absolute Gasteiger partial charge is 0.519 e. The number of nitrogens with zero attached hydrogens (tertiary/aromatic N) is 1. The lowest BCUT2D eigenvalue weighted by Crippen LogP contribution is -2.68. The minimum atomic E-state index is -1.26. The standard InChI is InChI=1S/C51H71N3O10/c1-28(2)39-33(55)24-51(54-42(58)47(9,10)53-41(57)31-15-14-29(3)52-26-31)23-22-49(12)32(40(39)51)16-17-36-48(11)20-19-37(46(7,8)35(48)18-21-50(36,49)13)64-38(56)25-45(5,6)43(59)61-27-34-30(4)62-44(60)63-34/h14-15,26,28,32,35-37H,16-25,27H2,1-13H3,(H,53,57)(H,54,58)/t32-,35+,36-,37+,48+,49-,50-,51?/m1/s1. The van der Waals surface area contributed by atoms with Crippen molar-refractivity contribution in [2.45, 2.75) is 178 Å². The van der Waals surface area contributed by atoms with Crippen molar-refractivity contribution in [1.29, 1.82) is 0 Å². The maximum Gasteiger partial charge on any atom is 0.519 e.